The Labute approximate surface area is 106 Å². The zero-order valence-corrected chi connectivity index (χ0v) is 13.1. The van der Waals surface area contributed by atoms with Crippen molar-refractivity contribution in [2.24, 2.45) is 0 Å². The second-order valence-electron chi connectivity index (χ2n) is 1.37. The molecule has 57 valence electrons. The van der Waals surface area contributed by atoms with Gasteiger partial charge in [0.15, 0.2) is 0 Å². The van der Waals surface area contributed by atoms with Crippen LogP contribution in [0, 0.1) is 0 Å². The quantitative estimate of drug-likeness (QED) is 0.545. The second kappa shape index (κ2) is 10.5. The number of benzene rings is 1. The van der Waals surface area contributed by atoms with E-state index in [0.29, 0.717) is 0 Å². The standard InChI is InChI=1S/C6H5.3BrH.Sn/c1-2-4-6-5-3-1;;;;/h1-5H;3*1H;. The van der Waals surface area contributed by atoms with E-state index < -0.39 is 0 Å². The van der Waals surface area contributed by atoms with Crippen LogP contribution in [0.2, 0.25) is 0 Å². The summed E-state index contributed by atoms with van der Waals surface area (Å²) in [4.78, 5) is 0. The third-order valence-electron chi connectivity index (χ3n) is 0.774. The predicted molar refractivity (Wildman–Crippen MR) is 62.8 cm³/mol. The molecule has 1 aromatic rings. The van der Waals surface area contributed by atoms with Gasteiger partial charge in [-0.1, -0.05) is 0 Å². The van der Waals surface area contributed by atoms with Gasteiger partial charge in [-0.2, -0.15) is 0 Å². The minimum absolute atomic E-state index is 0. The Balaban J connectivity index is -0.000000163. The molecule has 0 aliphatic carbocycles. The van der Waals surface area contributed by atoms with Crippen LogP contribution < -0.4 is 3.58 Å². The van der Waals surface area contributed by atoms with Gasteiger partial charge < -0.3 is 0 Å². The Morgan fingerprint density at radius 3 is 1.40 bits per heavy atom. The van der Waals surface area contributed by atoms with Crippen LogP contribution in [0.15, 0.2) is 30.3 Å². The van der Waals surface area contributed by atoms with Gasteiger partial charge in [0, 0.05) is 0 Å². The molecule has 0 atom stereocenters. The molecule has 3 radical (unpaired) electrons. The molecule has 0 spiro atoms. The molecule has 0 aromatic heterocycles. The maximum atomic E-state index is 2.12. The van der Waals surface area contributed by atoms with Crippen molar-refractivity contribution >= 4 is 77.0 Å². The Morgan fingerprint density at radius 2 is 1.20 bits per heavy atom. The van der Waals surface area contributed by atoms with E-state index in [1.807, 2.05) is 6.07 Å². The third-order valence-corrected chi connectivity index (χ3v) is 1.73. The van der Waals surface area contributed by atoms with Crippen LogP contribution in [-0.4, -0.2) is 22.5 Å². The van der Waals surface area contributed by atoms with Gasteiger partial charge >= 0.3 is 56.4 Å². The van der Waals surface area contributed by atoms with Crippen LogP contribution in [0.3, 0.4) is 0 Å². The van der Waals surface area contributed by atoms with Gasteiger partial charge in [0.1, 0.15) is 0 Å². The number of halogens is 3. The zero-order chi connectivity index (χ0) is 5.11. The fourth-order valence-corrected chi connectivity index (χ4v) is 0.987. The zero-order valence-electron chi connectivity index (χ0n) is 5.11. The van der Waals surface area contributed by atoms with Crippen LogP contribution in [0.5, 0.6) is 0 Å². The summed E-state index contributed by atoms with van der Waals surface area (Å²) in [6.45, 7) is 0. The molecule has 0 nitrogen and oxygen atoms in total. The van der Waals surface area contributed by atoms with Crippen molar-refractivity contribution in [2.75, 3.05) is 0 Å². The summed E-state index contributed by atoms with van der Waals surface area (Å²) in [7, 11) is 0. The molecule has 0 unspecified atom stereocenters. The first-order valence-electron chi connectivity index (χ1n) is 2.16. The van der Waals surface area contributed by atoms with Gasteiger partial charge in [0.2, 0.25) is 0 Å². The monoisotopic (exact) mass is 437 g/mol. The molecule has 0 bridgehead atoms. The van der Waals surface area contributed by atoms with Crippen molar-refractivity contribution in [1.82, 2.24) is 0 Å². The fourth-order valence-electron chi connectivity index (χ4n) is 0.438. The van der Waals surface area contributed by atoms with Crippen molar-refractivity contribution in [2.45, 2.75) is 0 Å². The van der Waals surface area contributed by atoms with Crippen molar-refractivity contribution in [3.63, 3.8) is 0 Å². The van der Waals surface area contributed by atoms with E-state index in [0.717, 1.165) is 0 Å². The summed E-state index contributed by atoms with van der Waals surface area (Å²) in [5.41, 5.74) is 0. The van der Waals surface area contributed by atoms with Crippen LogP contribution in [0.1, 0.15) is 0 Å². The van der Waals surface area contributed by atoms with E-state index in [1.54, 1.807) is 0 Å². The van der Waals surface area contributed by atoms with Gasteiger partial charge in [-0.15, -0.1) is 50.9 Å². The van der Waals surface area contributed by atoms with E-state index in [9.17, 15) is 0 Å². The number of rotatable bonds is 0. The van der Waals surface area contributed by atoms with Crippen molar-refractivity contribution in [3.05, 3.63) is 30.3 Å². The molecule has 4 heteroatoms. The van der Waals surface area contributed by atoms with E-state index in [4.69, 9.17) is 0 Å². The first-order chi connectivity index (χ1) is 3.39. The second-order valence-corrected chi connectivity index (χ2v) is 3.01. The van der Waals surface area contributed by atoms with Crippen molar-refractivity contribution < 1.29 is 0 Å². The van der Waals surface area contributed by atoms with Gasteiger partial charge in [0.05, 0.1) is 0 Å². The Morgan fingerprint density at radius 1 is 0.800 bits per heavy atom. The molecule has 0 saturated carbocycles. The molecule has 0 saturated heterocycles. The molecule has 0 heterocycles. The molecule has 1 aromatic carbocycles. The van der Waals surface area contributed by atoms with Gasteiger partial charge in [0.25, 0.3) is 0 Å². The molecule has 10 heavy (non-hydrogen) atoms. The average molecular weight is 439 g/mol. The molecule has 1 rings (SSSR count). The van der Waals surface area contributed by atoms with Crippen LogP contribution in [0.4, 0.5) is 0 Å². The predicted octanol–water partition coefficient (Wildman–Crippen LogP) is 2.21. The molecular weight excluding hydrogens is 430 g/mol. The van der Waals surface area contributed by atoms with E-state index in [-0.39, 0.29) is 50.9 Å². The SMILES string of the molecule is Br.Br.Br.[Sn][c]1ccccc1. The summed E-state index contributed by atoms with van der Waals surface area (Å²) in [5, 5.41) is 0. The third kappa shape index (κ3) is 7.56. The molecule has 0 aliphatic rings. The molecule has 0 N–H and O–H groups in total. The molecule has 0 amide bonds. The summed E-state index contributed by atoms with van der Waals surface area (Å²) in [6.07, 6.45) is 0. The van der Waals surface area contributed by atoms with Crippen molar-refractivity contribution in [3.8, 4) is 0 Å². The van der Waals surface area contributed by atoms with E-state index >= 15 is 0 Å². The molecule has 0 aliphatic heterocycles. The van der Waals surface area contributed by atoms with Crippen LogP contribution >= 0.6 is 50.9 Å². The summed E-state index contributed by atoms with van der Waals surface area (Å²) < 4.78 is 1.41. The van der Waals surface area contributed by atoms with Crippen LogP contribution in [-0.2, 0) is 0 Å². The van der Waals surface area contributed by atoms with E-state index in [1.165, 1.54) is 26.1 Å². The van der Waals surface area contributed by atoms with Crippen molar-refractivity contribution in [1.29, 1.82) is 0 Å². The summed E-state index contributed by atoms with van der Waals surface area (Å²) in [5.74, 6) is 0. The van der Waals surface area contributed by atoms with Gasteiger partial charge in [-0.05, 0) is 0 Å². The maximum absolute atomic E-state index is 2.12. The van der Waals surface area contributed by atoms with E-state index in [2.05, 4.69) is 24.3 Å². The summed E-state index contributed by atoms with van der Waals surface area (Å²) >= 11 is 1.49. The molecule has 0 fully saturated rings. The Hall–Kier alpha value is 1.46. The van der Waals surface area contributed by atoms with Gasteiger partial charge in [-0.25, -0.2) is 0 Å². The fraction of sp³-hybridized carbons (Fsp3) is 0. The first-order valence-corrected chi connectivity index (χ1v) is 3.59. The number of hydrogen-bond donors (Lipinski definition) is 0. The minimum atomic E-state index is 0. The van der Waals surface area contributed by atoms with Crippen LogP contribution in [0.25, 0.3) is 0 Å². The number of hydrogen-bond acceptors (Lipinski definition) is 0. The Bertz CT molecular complexity index is 143. The topological polar surface area (TPSA) is 0 Å². The average Bonchev–Trinajstić information content (AvgIpc) is 1.69. The molecular formula is C6H8Br3Sn. The Kier molecular flexibility index (Phi) is 18.3. The normalized spacial score (nSPS) is 6.10. The summed E-state index contributed by atoms with van der Waals surface area (Å²) in [6, 6.07) is 10.4. The van der Waals surface area contributed by atoms with Gasteiger partial charge in [-0.3, -0.25) is 0 Å². The first kappa shape index (κ1) is 17.5.